The fourth-order valence-electron chi connectivity index (χ4n) is 0. The average Bonchev–Trinajstić information content (AvgIpc) is 1.36. The largest absolute Gasteiger partial charge is 0.393 e. The maximum atomic E-state index is 8.63. The van der Waals surface area contributed by atoms with Crippen molar-refractivity contribution in [3.05, 3.63) is 0 Å². The van der Waals surface area contributed by atoms with E-state index in [9.17, 15) is 0 Å². The van der Waals surface area contributed by atoms with Gasteiger partial charge < -0.3 is 5.11 Å². The molecule has 0 saturated heterocycles. The highest BCUT2D eigenvalue weighted by molar-refractivity contribution is 4.48. The fraction of sp³-hybridized carbons (Fsp3) is 1.00. The Bertz CT molecular complexity index is 25.4. The van der Waals surface area contributed by atoms with Crippen molar-refractivity contribution < 1.29 is 5.11 Å². The van der Waals surface area contributed by atoms with Crippen molar-refractivity contribution in [3.8, 4) is 0 Å². The van der Waals surface area contributed by atoms with Crippen molar-refractivity contribution in [3.63, 3.8) is 0 Å². The van der Waals surface area contributed by atoms with Crippen LogP contribution in [0.1, 0.15) is 35.6 Å². The lowest BCUT2D eigenvalue weighted by atomic mass is 10.1. The van der Waals surface area contributed by atoms with E-state index >= 15 is 0 Å². The molecule has 1 nitrogen and oxygen atoms in total. The van der Waals surface area contributed by atoms with Gasteiger partial charge in [-0.3, -0.25) is 0 Å². The molecule has 0 amide bonds. The van der Waals surface area contributed by atoms with Crippen LogP contribution in [0.15, 0.2) is 0 Å². The van der Waals surface area contributed by atoms with E-state index < -0.39 is 0 Å². The van der Waals surface area contributed by atoms with Gasteiger partial charge in [-0.2, -0.15) is 0 Å². The Morgan fingerprint density at radius 1 is 1.00 bits per heavy atom. The second-order valence-electron chi connectivity index (χ2n) is 1.98. The van der Waals surface area contributed by atoms with Gasteiger partial charge in [-0.15, -0.1) is 0 Å². The summed E-state index contributed by atoms with van der Waals surface area (Å²) in [6, 6.07) is 0. The van der Waals surface area contributed by atoms with Gasteiger partial charge in [-0.25, -0.2) is 0 Å². The van der Waals surface area contributed by atoms with Gasteiger partial charge in [-0.05, 0) is 12.8 Å². The van der Waals surface area contributed by atoms with Crippen LogP contribution in [0.25, 0.3) is 0 Å². The molecule has 1 atom stereocenters. The van der Waals surface area contributed by atoms with Crippen LogP contribution in [0.5, 0.6) is 0 Å². The van der Waals surface area contributed by atoms with Crippen LogP contribution in [0.3, 0.4) is 0 Å². The molecule has 0 heterocycles. The number of aliphatic hydroxyl groups excluding tert-OH is 1. The molecular weight excluding hydrogens is 100 g/mol. The topological polar surface area (TPSA) is 20.2 Å². The van der Waals surface area contributed by atoms with Gasteiger partial charge in [0.1, 0.15) is 0 Å². The molecule has 0 rings (SSSR count). The van der Waals surface area contributed by atoms with E-state index in [1.165, 1.54) is 0 Å². The van der Waals surface area contributed by atoms with Gasteiger partial charge in [-0.1, -0.05) is 28.7 Å². The van der Waals surface area contributed by atoms with Gasteiger partial charge in [0.05, 0.1) is 6.10 Å². The average molecular weight is 120 g/mol. The van der Waals surface area contributed by atoms with Gasteiger partial charge in [0.2, 0.25) is 0 Å². The third-order valence-electron chi connectivity index (χ3n) is 0.965. The van der Waals surface area contributed by atoms with Crippen molar-refractivity contribution >= 4 is 0 Å². The third-order valence-corrected chi connectivity index (χ3v) is 0.965. The van der Waals surface area contributed by atoms with Crippen molar-refractivity contribution in [1.82, 2.24) is 0 Å². The SMILES string of the molecule is C.C.CC(C)C(C)O. The summed E-state index contributed by atoms with van der Waals surface area (Å²) in [5, 5.41) is 8.63. The van der Waals surface area contributed by atoms with E-state index in [1.54, 1.807) is 6.92 Å². The van der Waals surface area contributed by atoms with Gasteiger partial charge in [0.25, 0.3) is 0 Å². The van der Waals surface area contributed by atoms with Crippen molar-refractivity contribution in [1.29, 1.82) is 0 Å². The van der Waals surface area contributed by atoms with E-state index in [2.05, 4.69) is 0 Å². The maximum Gasteiger partial charge on any atom is 0.0535 e. The molecule has 1 heteroatoms. The lowest BCUT2D eigenvalue weighted by molar-refractivity contribution is 0.144. The molecular formula is C7H20O. The second kappa shape index (κ2) is 6.96. The first-order valence-corrected chi connectivity index (χ1v) is 2.32. The molecule has 54 valence electrons. The zero-order valence-corrected chi connectivity index (χ0v) is 4.60. The molecule has 0 aromatic carbocycles. The summed E-state index contributed by atoms with van der Waals surface area (Å²) in [4.78, 5) is 0. The summed E-state index contributed by atoms with van der Waals surface area (Å²) in [5.41, 5.74) is 0. The molecule has 1 N–H and O–H groups in total. The number of rotatable bonds is 1. The van der Waals surface area contributed by atoms with Crippen LogP contribution in [0.4, 0.5) is 0 Å². The first-order valence-electron chi connectivity index (χ1n) is 2.32. The van der Waals surface area contributed by atoms with Crippen LogP contribution in [0.2, 0.25) is 0 Å². The van der Waals surface area contributed by atoms with Crippen LogP contribution in [-0.4, -0.2) is 11.2 Å². The van der Waals surface area contributed by atoms with Crippen molar-refractivity contribution in [2.75, 3.05) is 0 Å². The predicted molar refractivity (Wildman–Crippen MR) is 40.0 cm³/mol. The Kier molecular flexibility index (Phi) is 13.6. The van der Waals surface area contributed by atoms with Gasteiger partial charge >= 0.3 is 0 Å². The minimum Gasteiger partial charge on any atom is -0.393 e. The molecule has 0 aromatic rings. The smallest absolute Gasteiger partial charge is 0.0535 e. The summed E-state index contributed by atoms with van der Waals surface area (Å²) >= 11 is 0. The quantitative estimate of drug-likeness (QED) is 0.563. The molecule has 0 spiro atoms. The molecule has 0 aliphatic carbocycles. The summed E-state index contributed by atoms with van der Waals surface area (Å²) in [7, 11) is 0. The van der Waals surface area contributed by atoms with Crippen molar-refractivity contribution in [2.24, 2.45) is 5.92 Å². The monoisotopic (exact) mass is 120 g/mol. The zero-order chi connectivity index (χ0) is 5.15. The highest BCUT2D eigenvalue weighted by Gasteiger charge is 1.97. The van der Waals surface area contributed by atoms with E-state index in [0.717, 1.165) is 0 Å². The molecule has 8 heavy (non-hydrogen) atoms. The Morgan fingerprint density at radius 3 is 1.12 bits per heavy atom. The molecule has 0 radical (unpaired) electrons. The summed E-state index contributed by atoms with van der Waals surface area (Å²) in [5.74, 6) is 0.407. The molecule has 0 aromatic heterocycles. The molecule has 0 fully saturated rings. The standard InChI is InChI=1S/C5H12O.2CH4/c1-4(2)5(3)6;;/h4-6H,1-3H3;2*1H4. The third kappa shape index (κ3) is 9.35. The van der Waals surface area contributed by atoms with E-state index in [0.29, 0.717) is 5.92 Å². The number of hydrogen-bond donors (Lipinski definition) is 1. The van der Waals surface area contributed by atoms with Crippen LogP contribution in [-0.2, 0) is 0 Å². The molecule has 0 aliphatic heterocycles. The summed E-state index contributed by atoms with van der Waals surface area (Å²) in [6.45, 7) is 5.78. The Balaban J connectivity index is -0.000000125. The molecule has 0 bridgehead atoms. The summed E-state index contributed by atoms with van der Waals surface area (Å²) < 4.78 is 0. The highest BCUT2D eigenvalue weighted by Crippen LogP contribution is 1.96. The fourth-order valence-corrected chi connectivity index (χ4v) is 0. The predicted octanol–water partition coefficient (Wildman–Crippen LogP) is 2.30. The van der Waals surface area contributed by atoms with Crippen molar-refractivity contribution in [2.45, 2.75) is 41.7 Å². The lowest BCUT2D eigenvalue weighted by Crippen LogP contribution is -2.07. The molecule has 0 saturated carbocycles. The Hall–Kier alpha value is -0.0400. The Morgan fingerprint density at radius 2 is 1.12 bits per heavy atom. The molecule has 1 unspecified atom stereocenters. The van der Waals surface area contributed by atoms with E-state index in [1.807, 2.05) is 13.8 Å². The Labute approximate surface area is 53.7 Å². The van der Waals surface area contributed by atoms with Crippen LogP contribution >= 0.6 is 0 Å². The van der Waals surface area contributed by atoms with Gasteiger partial charge in [0, 0.05) is 0 Å². The summed E-state index contributed by atoms with van der Waals surface area (Å²) in [6.07, 6.45) is -0.148. The van der Waals surface area contributed by atoms with E-state index in [-0.39, 0.29) is 21.0 Å². The normalized spacial score (nSPS) is 11.6. The zero-order valence-electron chi connectivity index (χ0n) is 4.60. The maximum absolute atomic E-state index is 8.63. The van der Waals surface area contributed by atoms with Gasteiger partial charge in [0.15, 0.2) is 0 Å². The first-order chi connectivity index (χ1) is 2.64. The number of hydrogen-bond acceptors (Lipinski definition) is 1. The minimum absolute atomic E-state index is 0. The molecule has 0 aliphatic rings. The second-order valence-corrected chi connectivity index (χ2v) is 1.98. The number of aliphatic hydroxyl groups is 1. The first kappa shape index (κ1) is 15.7. The minimum atomic E-state index is -0.148. The lowest BCUT2D eigenvalue weighted by Gasteiger charge is -2.04. The van der Waals surface area contributed by atoms with Crippen LogP contribution < -0.4 is 0 Å². The van der Waals surface area contributed by atoms with Crippen LogP contribution in [0, 0.1) is 5.92 Å². The highest BCUT2D eigenvalue weighted by atomic mass is 16.3. The van der Waals surface area contributed by atoms with E-state index in [4.69, 9.17) is 5.11 Å².